The maximum absolute atomic E-state index is 12.9. The predicted molar refractivity (Wildman–Crippen MR) is 85.1 cm³/mol. The molecule has 3 nitrogen and oxygen atoms in total. The molecule has 1 aliphatic heterocycles. The first-order chi connectivity index (χ1) is 9.56. The van der Waals surface area contributed by atoms with Gasteiger partial charge in [0.2, 0.25) is 0 Å². The van der Waals surface area contributed by atoms with Crippen molar-refractivity contribution in [3.05, 3.63) is 41.2 Å². The van der Waals surface area contributed by atoms with Crippen molar-refractivity contribution in [1.29, 1.82) is 0 Å². The van der Waals surface area contributed by atoms with Crippen LogP contribution in [0.5, 0.6) is 0 Å². The zero-order chi connectivity index (χ0) is 14.7. The molecule has 0 saturated carbocycles. The average molecular weight is 310 g/mol. The van der Waals surface area contributed by atoms with Crippen molar-refractivity contribution in [1.82, 2.24) is 4.90 Å². The lowest BCUT2D eigenvalue weighted by Gasteiger charge is -2.16. The largest absolute Gasteiger partial charge is 0.377 e. The van der Waals surface area contributed by atoms with E-state index in [4.69, 9.17) is 12.2 Å². The first-order valence-electron chi connectivity index (χ1n) is 6.34. The lowest BCUT2D eigenvalue weighted by atomic mass is 10.3. The van der Waals surface area contributed by atoms with E-state index in [-0.39, 0.29) is 11.7 Å². The molecule has 0 aromatic heterocycles. The van der Waals surface area contributed by atoms with Crippen molar-refractivity contribution in [2.75, 3.05) is 18.0 Å². The van der Waals surface area contributed by atoms with Crippen molar-refractivity contribution in [2.24, 2.45) is 0 Å². The highest BCUT2D eigenvalue weighted by Crippen LogP contribution is 2.35. The number of amides is 1. The number of carbonyl (C=O) groups is 1. The van der Waals surface area contributed by atoms with Crippen LogP contribution in [0.3, 0.4) is 0 Å². The van der Waals surface area contributed by atoms with Gasteiger partial charge in [-0.05, 0) is 38.1 Å². The van der Waals surface area contributed by atoms with Gasteiger partial charge in [-0.25, -0.2) is 4.39 Å². The molecule has 0 N–H and O–H groups in total. The molecule has 0 radical (unpaired) electrons. The van der Waals surface area contributed by atoms with Gasteiger partial charge in [0, 0.05) is 19.3 Å². The summed E-state index contributed by atoms with van der Waals surface area (Å²) < 4.78 is 13.4. The second kappa shape index (κ2) is 6.37. The summed E-state index contributed by atoms with van der Waals surface area (Å²) in [4.78, 5) is 16.5. The summed E-state index contributed by atoms with van der Waals surface area (Å²) in [6, 6.07) is 5.75. The smallest absolute Gasteiger partial charge is 0.272 e. The van der Waals surface area contributed by atoms with E-state index in [0.29, 0.717) is 14.9 Å². The predicted octanol–water partition coefficient (Wildman–Crippen LogP) is 3.37. The molecule has 0 atom stereocenters. The monoisotopic (exact) mass is 310 g/mol. The standard InChI is InChI=1S/C14H15FN2OS2/c1-3-16(4-2)9-12-13(18)17(14(19)20-12)11-7-5-10(15)6-8-11/h5-9H,3-4H2,1-2H3/b12-9+. The summed E-state index contributed by atoms with van der Waals surface area (Å²) >= 11 is 6.52. The lowest BCUT2D eigenvalue weighted by molar-refractivity contribution is -0.113. The Morgan fingerprint density at radius 3 is 2.45 bits per heavy atom. The van der Waals surface area contributed by atoms with Gasteiger partial charge in [0.05, 0.1) is 10.6 Å². The highest BCUT2D eigenvalue weighted by atomic mass is 32.2. The zero-order valence-electron chi connectivity index (χ0n) is 11.3. The quantitative estimate of drug-likeness (QED) is 0.628. The number of anilines is 1. The van der Waals surface area contributed by atoms with E-state index in [9.17, 15) is 9.18 Å². The van der Waals surface area contributed by atoms with Crippen molar-refractivity contribution in [2.45, 2.75) is 13.8 Å². The van der Waals surface area contributed by atoms with E-state index in [1.165, 1.54) is 28.8 Å². The third-order valence-corrected chi connectivity index (χ3v) is 4.28. The molecule has 1 aliphatic rings. The van der Waals surface area contributed by atoms with Gasteiger partial charge >= 0.3 is 0 Å². The number of hydrogen-bond acceptors (Lipinski definition) is 4. The molecule has 0 bridgehead atoms. The number of hydrogen-bond donors (Lipinski definition) is 0. The maximum Gasteiger partial charge on any atom is 0.272 e. The Morgan fingerprint density at radius 2 is 1.90 bits per heavy atom. The van der Waals surface area contributed by atoms with Gasteiger partial charge in [-0.3, -0.25) is 9.69 Å². The molecular formula is C14H15FN2OS2. The molecule has 6 heteroatoms. The summed E-state index contributed by atoms with van der Waals surface area (Å²) in [5.41, 5.74) is 0.594. The molecule has 0 aliphatic carbocycles. The number of nitrogens with zero attached hydrogens (tertiary/aromatic N) is 2. The average Bonchev–Trinajstić information content (AvgIpc) is 2.72. The molecule has 1 aromatic rings. The van der Waals surface area contributed by atoms with Crippen LogP contribution in [0.2, 0.25) is 0 Å². The summed E-state index contributed by atoms with van der Waals surface area (Å²) in [7, 11) is 0. The Labute approximate surface area is 127 Å². The summed E-state index contributed by atoms with van der Waals surface area (Å²) in [5, 5.41) is 0. The molecule has 2 rings (SSSR count). The Balaban J connectivity index is 2.27. The van der Waals surface area contributed by atoms with Crippen LogP contribution in [0.15, 0.2) is 35.4 Å². The minimum atomic E-state index is -0.335. The number of carbonyl (C=O) groups excluding carboxylic acids is 1. The van der Waals surface area contributed by atoms with Gasteiger partial charge in [0.25, 0.3) is 5.91 Å². The molecule has 20 heavy (non-hydrogen) atoms. The van der Waals surface area contributed by atoms with Gasteiger partial charge in [-0.1, -0.05) is 24.0 Å². The molecule has 0 unspecified atom stereocenters. The third kappa shape index (κ3) is 3.02. The van der Waals surface area contributed by atoms with Gasteiger partial charge in [0.15, 0.2) is 4.32 Å². The first kappa shape index (κ1) is 15.0. The van der Waals surface area contributed by atoms with E-state index >= 15 is 0 Å². The van der Waals surface area contributed by atoms with Crippen molar-refractivity contribution in [3.8, 4) is 0 Å². The number of benzene rings is 1. The first-order valence-corrected chi connectivity index (χ1v) is 7.57. The zero-order valence-corrected chi connectivity index (χ0v) is 12.9. The number of halogens is 1. The Morgan fingerprint density at radius 1 is 1.30 bits per heavy atom. The van der Waals surface area contributed by atoms with Gasteiger partial charge in [-0.2, -0.15) is 0 Å². The highest BCUT2D eigenvalue weighted by Gasteiger charge is 2.33. The third-order valence-electron chi connectivity index (χ3n) is 2.99. The molecule has 1 heterocycles. The van der Waals surface area contributed by atoms with E-state index in [0.717, 1.165) is 13.1 Å². The van der Waals surface area contributed by atoms with Gasteiger partial charge < -0.3 is 4.90 Å². The number of thioether (sulfide) groups is 1. The summed E-state index contributed by atoms with van der Waals surface area (Å²) in [6.45, 7) is 5.72. The van der Waals surface area contributed by atoms with Crippen LogP contribution in [-0.2, 0) is 4.79 Å². The van der Waals surface area contributed by atoms with Crippen LogP contribution in [0.4, 0.5) is 10.1 Å². The SMILES string of the molecule is CCN(/C=C1/SC(=S)N(c2ccc(F)cc2)C1=O)CC. The molecule has 0 spiro atoms. The van der Waals surface area contributed by atoms with Gasteiger partial charge in [-0.15, -0.1) is 0 Å². The van der Waals surface area contributed by atoms with Gasteiger partial charge in [0.1, 0.15) is 5.82 Å². The fraction of sp³-hybridized carbons (Fsp3) is 0.286. The van der Waals surface area contributed by atoms with Crippen LogP contribution in [-0.4, -0.2) is 28.2 Å². The molecule has 106 valence electrons. The molecule has 1 aromatic carbocycles. The molecule has 1 amide bonds. The second-order valence-electron chi connectivity index (χ2n) is 4.20. The Kier molecular flexibility index (Phi) is 4.77. The normalized spacial score (nSPS) is 17.1. The van der Waals surface area contributed by atoms with Crippen LogP contribution >= 0.6 is 24.0 Å². The van der Waals surface area contributed by atoms with E-state index in [2.05, 4.69) is 0 Å². The van der Waals surface area contributed by atoms with E-state index in [1.54, 1.807) is 12.1 Å². The lowest BCUT2D eigenvalue weighted by Crippen LogP contribution is -2.28. The number of rotatable bonds is 4. The fourth-order valence-corrected chi connectivity index (χ4v) is 3.15. The van der Waals surface area contributed by atoms with Crippen LogP contribution in [0.1, 0.15) is 13.8 Å². The highest BCUT2D eigenvalue weighted by molar-refractivity contribution is 8.27. The maximum atomic E-state index is 12.9. The van der Waals surface area contributed by atoms with Crippen molar-refractivity contribution in [3.63, 3.8) is 0 Å². The topological polar surface area (TPSA) is 23.6 Å². The number of thiocarbonyl (C=S) groups is 1. The molecule has 1 saturated heterocycles. The Hall–Kier alpha value is -1.40. The van der Waals surface area contributed by atoms with Crippen LogP contribution in [0, 0.1) is 5.82 Å². The van der Waals surface area contributed by atoms with Crippen LogP contribution in [0.25, 0.3) is 0 Å². The van der Waals surface area contributed by atoms with E-state index < -0.39 is 0 Å². The minimum Gasteiger partial charge on any atom is -0.377 e. The summed E-state index contributed by atoms with van der Waals surface area (Å²) in [6.07, 6.45) is 1.84. The molecule has 1 fully saturated rings. The summed E-state index contributed by atoms with van der Waals surface area (Å²) in [5.74, 6) is -0.489. The fourth-order valence-electron chi connectivity index (χ4n) is 1.84. The Bertz CT molecular complexity index is 553. The van der Waals surface area contributed by atoms with E-state index in [1.807, 2.05) is 24.9 Å². The second-order valence-corrected chi connectivity index (χ2v) is 5.88. The van der Waals surface area contributed by atoms with Crippen molar-refractivity contribution < 1.29 is 9.18 Å². The van der Waals surface area contributed by atoms with Crippen molar-refractivity contribution >= 4 is 39.9 Å². The molecular weight excluding hydrogens is 295 g/mol. The minimum absolute atomic E-state index is 0.154. The van der Waals surface area contributed by atoms with Crippen LogP contribution < -0.4 is 4.90 Å².